The molecule has 0 aliphatic carbocycles. The molecule has 1 N–H and O–H groups in total. The van der Waals surface area contributed by atoms with E-state index in [1.807, 2.05) is 18.2 Å². The maximum atomic E-state index is 6.12. The number of para-hydroxylation sites is 1. The van der Waals surface area contributed by atoms with Crippen molar-refractivity contribution < 1.29 is 9.47 Å². The van der Waals surface area contributed by atoms with Crippen LogP contribution in [0.2, 0.25) is 0 Å². The molecule has 0 amide bonds. The number of ether oxygens (including phenoxy) is 2. The van der Waals surface area contributed by atoms with Crippen LogP contribution in [0.1, 0.15) is 13.3 Å². The topological polar surface area (TPSA) is 49.3 Å². The van der Waals surface area contributed by atoms with Gasteiger partial charge in [-0.15, -0.1) is 24.0 Å². The van der Waals surface area contributed by atoms with Crippen molar-refractivity contribution in [2.45, 2.75) is 19.4 Å². The van der Waals surface area contributed by atoms with Gasteiger partial charge in [-0.25, -0.2) is 4.99 Å². The van der Waals surface area contributed by atoms with Crippen LogP contribution >= 0.6 is 24.0 Å². The van der Waals surface area contributed by atoms with E-state index in [1.54, 1.807) is 0 Å². The molecular weight excluding hydrogens is 515 g/mol. The van der Waals surface area contributed by atoms with Crippen LogP contribution in [0, 0.1) is 0 Å². The molecule has 2 aliphatic heterocycles. The molecular formula is C25H35IN4O2. The van der Waals surface area contributed by atoms with E-state index in [1.165, 1.54) is 12.0 Å². The Hall–Kier alpha value is -1.84. The van der Waals surface area contributed by atoms with Crippen LogP contribution in [-0.4, -0.2) is 80.9 Å². The predicted molar refractivity (Wildman–Crippen MR) is 141 cm³/mol. The zero-order chi connectivity index (χ0) is 21.3. The Bertz CT molecular complexity index is 843. The molecule has 6 nitrogen and oxygen atoms in total. The van der Waals surface area contributed by atoms with Gasteiger partial charge >= 0.3 is 0 Å². The van der Waals surface area contributed by atoms with E-state index in [9.17, 15) is 0 Å². The number of nitrogens with zero attached hydrogens (tertiary/aromatic N) is 3. The maximum Gasteiger partial charge on any atom is 0.194 e. The quantitative estimate of drug-likeness (QED) is 0.247. The van der Waals surface area contributed by atoms with Gasteiger partial charge in [0.05, 0.1) is 19.8 Å². The first kappa shape index (κ1) is 24.8. The molecule has 2 saturated heterocycles. The standard InChI is InChI=1S/C25H34N4O2.HI/c1-2-26-25(29-14-12-22(20-29)28-15-18-30-19-16-28)27-13-17-31-24-11-7-6-10-23(24)21-8-4-3-5-9-21;/h3-11,22H,2,12-20H2,1H3,(H,26,27);1H. The van der Waals surface area contributed by atoms with Crippen molar-refractivity contribution in [1.29, 1.82) is 0 Å². The van der Waals surface area contributed by atoms with Gasteiger partial charge in [-0.05, 0) is 25.0 Å². The third-order valence-corrected chi connectivity index (χ3v) is 5.94. The van der Waals surface area contributed by atoms with Crippen molar-refractivity contribution in [3.8, 4) is 16.9 Å². The first-order valence-electron chi connectivity index (χ1n) is 11.5. The van der Waals surface area contributed by atoms with Gasteiger partial charge in [0.1, 0.15) is 12.4 Å². The van der Waals surface area contributed by atoms with Crippen molar-refractivity contribution in [3.63, 3.8) is 0 Å². The van der Waals surface area contributed by atoms with Gasteiger partial charge in [-0.3, -0.25) is 4.90 Å². The molecule has 2 aromatic rings. The normalized spacial score (nSPS) is 19.5. The van der Waals surface area contributed by atoms with Crippen LogP contribution in [0.15, 0.2) is 59.6 Å². The summed E-state index contributed by atoms with van der Waals surface area (Å²) in [5.41, 5.74) is 2.29. The average molecular weight is 550 g/mol. The largest absolute Gasteiger partial charge is 0.491 e. The fourth-order valence-electron chi connectivity index (χ4n) is 4.36. The Kier molecular flexibility index (Phi) is 10.1. The maximum absolute atomic E-state index is 6.12. The van der Waals surface area contributed by atoms with Crippen LogP contribution in [0.3, 0.4) is 0 Å². The van der Waals surface area contributed by atoms with Crippen LogP contribution in [0.5, 0.6) is 5.75 Å². The molecule has 2 aliphatic rings. The number of hydrogen-bond donors (Lipinski definition) is 1. The second-order valence-electron chi connectivity index (χ2n) is 7.98. The van der Waals surface area contributed by atoms with Crippen molar-refractivity contribution in [3.05, 3.63) is 54.6 Å². The average Bonchev–Trinajstić information content (AvgIpc) is 3.33. The molecule has 0 radical (unpaired) electrons. The highest BCUT2D eigenvalue weighted by Crippen LogP contribution is 2.29. The molecule has 4 rings (SSSR count). The summed E-state index contributed by atoms with van der Waals surface area (Å²) in [7, 11) is 0. The number of aliphatic imine (C=N–C) groups is 1. The monoisotopic (exact) mass is 550 g/mol. The van der Waals surface area contributed by atoms with Crippen molar-refractivity contribution in [2.75, 3.05) is 59.1 Å². The molecule has 0 aromatic heterocycles. The minimum absolute atomic E-state index is 0. The Balaban J connectivity index is 0.00000289. The molecule has 2 aromatic carbocycles. The molecule has 174 valence electrons. The lowest BCUT2D eigenvalue weighted by atomic mass is 10.1. The molecule has 1 atom stereocenters. The number of morpholine rings is 1. The van der Waals surface area contributed by atoms with Gasteiger partial charge in [0, 0.05) is 44.3 Å². The lowest BCUT2D eigenvalue weighted by molar-refractivity contribution is 0.0195. The number of hydrogen-bond acceptors (Lipinski definition) is 4. The van der Waals surface area contributed by atoms with Gasteiger partial charge < -0.3 is 19.7 Å². The predicted octanol–water partition coefficient (Wildman–Crippen LogP) is 3.72. The highest BCUT2D eigenvalue weighted by Gasteiger charge is 2.30. The summed E-state index contributed by atoms with van der Waals surface area (Å²) < 4.78 is 11.6. The summed E-state index contributed by atoms with van der Waals surface area (Å²) >= 11 is 0. The van der Waals surface area contributed by atoms with E-state index in [0.29, 0.717) is 19.2 Å². The number of benzene rings is 2. The van der Waals surface area contributed by atoms with Gasteiger partial charge in [-0.1, -0.05) is 48.5 Å². The Morgan fingerprint density at radius 3 is 2.59 bits per heavy atom. The summed E-state index contributed by atoms with van der Waals surface area (Å²) in [6, 6.07) is 19.2. The molecule has 2 fully saturated rings. The molecule has 32 heavy (non-hydrogen) atoms. The molecule has 0 saturated carbocycles. The zero-order valence-corrected chi connectivity index (χ0v) is 21.2. The van der Waals surface area contributed by atoms with Crippen LogP contribution in [-0.2, 0) is 4.74 Å². The lowest BCUT2D eigenvalue weighted by Gasteiger charge is -2.32. The number of halogens is 1. The van der Waals surface area contributed by atoms with E-state index < -0.39 is 0 Å². The summed E-state index contributed by atoms with van der Waals surface area (Å²) in [4.78, 5) is 9.81. The van der Waals surface area contributed by atoms with Crippen molar-refractivity contribution in [2.24, 2.45) is 4.99 Å². The number of guanidine groups is 1. The van der Waals surface area contributed by atoms with E-state index >= 15 is 0 Å². The van der Waals surface area contributed by atoms with E-state index in [4.69, 9.17) is 14.5 Å². The van der Waals surface area contributed by atoms with E-state index in [0.717, 1.165) is 63.2 Å². The summed E-state index contributed by atoms with van der Waals surface area (Å²) in [5.74, 6) is 1.90. The fourth-order valence-corrected chi connectivity index (χ4v) is 4.36. The second kappa shape index (κ2) is 13.0. The minimum Gasteiger partial charge on any atom is -0.491 e. The fraction of sp³-hybridized carbons (Fsp3) is 0.480. The Morgan fingerprint density at radius 2 is 1.81 bits per heavy atom. The smallest absolute Gasteiger partial charge is 0.194 e. The lowest BCUT2D eigenvalue weighted by Crippen LogP contribution is -2.46. The van der Waals surface area contributed by atoms with Crippen molar-refractivity contribution >= 4 is 29.9 Å². The van der Waals surface area contributed by atoms with E-state index in [-0.39, 0.29) is 24.0 Å². The third kappa shape index (κ3) is 6.59. The summed E-state index contributed by atoms with van der Waals surface area (Å²) in [6.07, 6.45) is 1.19. The summed E-state index contributed by atoms with van der Waals surface area (Å²) in [5, 5.41) is 3.46. The van der Waals surface area contributed by atoms with Crippen LogP contribution in [0.4, 0.5) is 0 Å². The highest BCUT2D eigenvalue weighted by atomic mass is 127. The van der Waals surface area contributed by atoms with Crippen molar-refractivity contribution in [1.82, 2.24) is 15.1 Å². The first-order chi connectivity index (χ1) is 15.3. The Morgan fingerprint density at radius 1 is 1.06 bits per heavy atom. The number of nitrogens with one attached hydrogen (secondary N) is 1. The highest BCUT2D eigenvalue weighted by molar-refractivity contribution is 14.0. The van der Waals surface area contributed by atoms with E-state index in [2.05, 4.69) is 58.4 Å². The number of rotatable bonds is 7. The Labute approximate surface area is 209 Å². The zero-order valence-electron chi connectivity index (χ0n) is 18.9. The van der Waals surface area contributed by atoms with Crippen LogP contribution < -0.4 is 10.1 Å². The molecule has 2 heterocycles. The van der Waals surface area contributed by atoms with Gasteiger partial charge in [0.2, 0.25) is 0 Å². The number of likely N-dealkylation sites (tertiary alicyclic amines) is 1. The molecule has 7 heteroatoms. The van der Waals surface area contributed by atoms with Gasteiger partial charge in [-0.2, -0.15) is 0 Å². The van der Waals surface area contributed by atoms with Crippen LogP contribution in [0.25, 0.3) is 11.1 Å². The molecule has 1 unspecified atom stereocenters. The molecule has 0 spiro atoms. The van der Waals surface area contributed by atoms with Gasteiger partial charge in [0.25, 0.3) is 0 Å². The minimum atomic E-state index is 0. The third-order valence-electron chi connectivity index (χ3n) is 5.94. The summed E-state index contributed by atoms with van der Waals surface area (Å²) in [6.45, 7) is 10.0. The second-order valence-corrected chi connectivity index (χ2v) is 7.98. The molecule has 0 bridgehead atoms. The first-order valence-corrected chi connectivity index (χ1v) is 11.5. The van der Waals surface area contributed by atoms with Gasteiger partial charge in [0.15, 0.2) is 5.96 Å². The SMILES string of the molecule is CCNC(=NCCOc1ccccc1-c1ccccc1)N1CCC(N2CCOCC2)C1.I.